The van der Waals surface area contributed by atoms with Gasteiger partial charge in [-0.1, -0.05) is 18.2 Å². The number of nitrogen functional groups attached to an aromatic ring is 1. The fourth-order valence-corrected chi connectivity index (χ4v) is 3.88. The van der Waals surface area contributed by atoms with Gasteiger partial charge in [0.1, 0.15) is 0 Å². The number of anilines is 1. The van der Waals surface area contributed by atoms with Crippen molar-refractivity contribution >= 4 is 27.5 Å². The Morgan fingerprint density at radius 3 is 2.78 bits per heavy atom. The molecule has 0 saturated carbocycles. The van der Waals surface area contributed by atoms with Crippen molar-refractivity contribution in [2.75, 3.05) is 17.2 Å². The number of rotatable bonds is 7. The summed E-state index contributed by atoms with van der Waals surface area (Å²) in [6.07, 6.45) is 1.56. The zero-order valence-electron chi connectivity index (χ0n) is 10.3. The summed E-state index contributed by atoms with van der Waals surface area (Å²) >= 11 is 1.44. The lowest BCUT2D eigenvalue weighted by molar-refractivity contribution is 0.578. The molecular formula is C12H18N2O2S2. The van der Waals surface area contributed by atoms with E-state index < -0.39 is 10.0 Å². The van der Waals surface area contributed by atoms with Gasteiger partial charge in [0.15, 0.2) is 0 Å². The average Bonchev–Trinajstić information content (AvgIpc) is 2.30. The fourth-order valence-electron chi connectivity index (χ4n) is 1.26. The first-order valence-corrected chi connectivity index (χ1v) is 8.18. The van der Waals surface area contributed by atoms with Gasteiger partial charge < -0.3 is 5.73 Å². The van der Waals surface area contributed by atoms with Gasteiger partial charge in [0.2, 0.25) is 10.0 Å². The van der Waals surface area contributed by atoms with Crippen LogP contribution in [0, 0.1) is 0 Å². The van der Waals surface area contributed by atoms with Crippen molar-refractivity contribution < 1.29 is 8.42 Å². The molecule has 1 rings (SSSR count). The standard InChI is InChI=1S/C12H18N2O2S2/c1-3-10(2)14-18(15,16)9-8-17-12-7-5-4-6-11(12)13/h3-7,10,14H,1,8-9,13H2,2H3. The smallest absolute Gasteiger partial charge is 0.212 e. The molecule has 0 heterocycles. The van der Waals surface area contributed by atoms with Crippen LogP contribution in [0.2, 0.25) is 0 Å². The first-order valence-electron chi connectivity index (χ1n) is 5.54. The highest BCUT2D eigenvalue weighted by molar-refractivity contribution is 8.00. The van der Waals surface area contributed by atoms with E-state index in [1.165, 1.54) is 11.8 Å². The maximum Gasteiger partial charge on any atom is 0.212 e. The second-order valence-corrected chi connectivity index (χ2v) is 6.86. The van der Waals surface area contributed by atoms with Gasteiger partial charge in [0.05, 0.1) is 5.75 Å². The summed E-state index contributed by atoms with van der Waals surface area (Å²) in [5, 5.41) is 0. The summed E-state index contributed by atoms with van der Waals surface area (Å²) < 4.78 is 25.9. The molecule has 0 aliphatic rings. The van der Waals surface area contributed by atoms with Crippen molar-refractivity contribution in [1.82, 2.24) is 4.72 Å². The molecule has 1 unspecified atom stereocenters. The monoisotopic (exact) mass is 286 g/mol. The van der Waals surface area contributed by atoms with Crippen LogP contribution in [0.3, 0.4) is 0 Å². The molecule has 0 radical (unpaired) electrons. The molecule has 0 bridgehead atoms. The molecule has 1 atom stereocenters. The van der Waals surface area contributed by atoms with Gasteiger partial charge in [0.25, 0.3) is 0 Å². The minimum Gasteiger partial charge on any atom is -0.398 e. The number of para-hydroxylation sites is 1. The third-order valence-electron chi connectivity index (χ3n) is 2.25. The van der Waals surface area contributed by atoms with E-state index in [1.807, 2.05) is 18.2 Å². The first-order chi connectivity index (χ1) is 8.44. The highest BCUT2D eigenvalue weighted by atomic mass is 32.2. The van der Waals surface area contributed by atoms with E-state index in [2.05, 4.69) is 11.3 Å². The molecule has 1 aromatic rings. The zero-order chi connectivity index (χ0) is 13.6. The Hall–Kier alpha value is -0.980. The summed E-state index contributed by atoms with van der Waals surface area (Å²) in [7, 11) is -3.26. The number of nitrogens with one attached hydrogen (secondary N) is 1. The highest BCUT2D eigenvalue weighted by Gasteiger charge is 2.12. The molecule has 4 nitrogen and oxygen atoms in total. The predicted octanol–water partition coefficient (Wildman–Crippen LogP) is 1.85. The minimum atomic E-state index is -3.26. The molecule has 18 heavy (non-hydrogen) atoms. The van der Waals surface area contributed by atoms with Crippen LogP contribution >= 0.6 is 11.8 Å². The number of sulfonamides is 1. The molecular weight excluding hydrogens is 268 g/mol. The quantitative estimate of drug-likeness (QED) is 0.456. The molecule has 100 valence electrons. The van der Waals surface area contributed by atoms with E-state index in [9.17, 15) is 8.42 Å². The lowest BCUT2D eigenvalue weighted by atomic mass is 10.3. The molecule has 3 N–H and O–H groups in total. The number of benzene rings is 1. The molecule has 6 heteroatoms. The van der Waals surface area contributed by atoms with Crippen LogP contribution in [-0.4, -0.2) is 26.0 Å². The second-order valence-electron chi connectivity index (χ2n) is 3.85. The fraction of sp³-hybridized carbons (Fsp3) is 0.333. The van der Waals surface area contributed by atoms with Crippen LogP contribution in [-0.2, 0) is 10.0 Å². The second kappa shape index (κ2) is 6.82. The molecule has 0 saturated heterocycles. The summed E-state index contributed by atoms with van der Waals surface area (Å²) in [6.45, 7) is 5.28. The van der Waals surface area contributed by atoms with Crippen LogP contribution < -0.4 is 10.5 Å². The Bertz CT molecular complexity index is 501. The lowest BCUT2D eigenvalue weighted by Crippen LogP contribution is -2.33. The highest BCUT2D eigenvalue weighted by Crippen LogP contribution is 2.24. The van der Waals surface area contributed by atoms with Gasteiger partial charge in [-0.3, -0.25) is 0 Å². The summed E-state index contributed by atoms with van der Waals surface area (Å²) in [6, 6.07) is 7.16. The van der Waals surface area contributed by atoms with Gasteiger partial charge in [0, 0.05) is 22.4 Å². The molecule has 1 aromatic carbocycles. The molecule has 0 aromatic heterocycles. The van der Waals surface area contributed by atoms with Gasteiger partial charge in [-0.15, -0.1) is 18.3 Å². The van der Waals surface area contributed by atoms with Crippen LogP contribution in [0.4, 0.5) is 5.69 Å². The maximum absolute atomic E-state index is 11.7. The van der Waals surface area contributed by atoms with Gasteiger partial charge in [-0.2, -0.15) is 0 Å². The van der Waals surface area contributed by atoms with Crippen LogP contribution in [0.15, 0.2) is 41.8 Å². The number of thioether (sulfide) groups is 1. The summed E-state index contributed by atoms with van der Waals surface area (Å²) in [5.74, 6) is 0.525. The van der Waals surface area contributed by atoms with E-state index >= 15 is 0 Å². The number of hydrogen-bond acceptors (Lipinski definition) is 4. The van der Waals surface area contributed by atoms with Crippen molar-refractivity contribution in [2.45, 2.75) is 17.9 Å². The molecule has 0 aliphatic heterocycles. The van der Waals surface area contributed by atoms with Gasteiger partial charge in [-0.25, -0.2) is 13.1 Å². The maximum atomic E-state index is 11.7. The van der Waals surface area contributed by atoms with E-state index in [1.54, 1.807) is 19.1 Å². The third kappa shape index (κ3) is 5.12. The van der Waals surface area contributed by atoms with Crippen LogP contribution in [0.25, 0.3) is 0 Å². The van der Waals surface area contributed by atoms with Crippen molar-refractivity contribution in [1.29, 1.82) is 0 Å². The van der Waals surface area contributed by atoms with E-state index in [0.717, 1.165) is 4.90 Å². The third-order valence-corrected chi connectivity index (χ3v) is 5.07. The lowest BCUT2D eigenvalue weighted by Gasteiger charge is -2.10. The average molecular weight is 286 g/mol. The Balaban J connectivity index is 2.47. The molecule has 0 aliphatic carbocycles. The summed E-state index contributed by atoms with van der Waals surface area (Å²) in [5.41, 5.74) is 6.45. The van der Waals surface area contributed by atoms with Crippen LogP contribution in [0.5, 0.6) is 0 Å². The zero-order valence-corrected chi connectivity index (χ0v) is 11.9. The largest absolute Gasteiger partial charge is 0.398 e. The number of nitrogens with two attached hydrogens (primary N) is 1. The van der Waals surface area contributed by atoms with E-state index in [0.29, 0.717) is 11.4 Å². The Kier molecular flexibility index (Phi) is 5.71. The van der Waals surface area contributed by atoms with E-state index in [4.69, 9.17) is 5.73 Å². The van der Waals surface area contributed by atoms with Gasteiger partial charge >= 0.3 is 0 Å². The Labute approximate surface area is 113 Å². The molecule has 0 spiro atoms. The van der Waals surface area contributed by atoms with Crippen LogP contribution in [0.1, 0.15) is 6.92 Å². The van der Waals surface area contributed by atoms with Crippen molar-refractivity contribution in [3.63, 3.8) is 0 Å². The normalized spacial score (nSPS) is 13.2. The number of hydrogen-bond donors (Lipinski definition) is 2. The van der Waals surface area contributed by atoms with Gasteiger partial charge in [-0.05, 0) is 19.1 Å². The first kappa shape index (κ1) is 15.1. The predicted molar refractivity (Wildman–Crippen MR) is 78.2 cm³/mol. The molecule has 0 fully saturated rings. The minimum absolute atomic E-state index is 0.0597. The van der Waals surface area contributed by atoms with Crippen molar-refractivity contribution in [3.05, 3.63) is 36.9 Å². The van der Waals surface area contributed by atoms with Crippen molar-refractivity contribution in [2.24, 2.45) is 0 Å². The Morgan fingerprint density at radius 1 is 1.50 bits per heavy atom. The molecule has 0 amide bonds. The Morgan fingerprint density at radius 2 is 2.17 bits per heavy atom. The summed E-state index contributed by atoms with van der Waals surface area (Å²) in [4.78, 5) is 0.907. The van der Waals surface area contributed by atoms with E-state index in [-0.39, 0.29) is 11.8 Å². The van der Waals surface area contributed by atoms with Crippen molar-refractivity contribution in [3.8, 4) is 0 Å². The SMILES string of the molecule is C=CC(C)NS(=O)(=O)CCSc1ccccc1N. The topological polar surface area (TPSA) is 72.2 Å².